The first-order valence-corrected chi connectivity index (χ1v) is 12.9. The highest BCUT2D eigenvalue weighted by Crippen LogP contribution is 2.40. The number of allylic oxidation sites excluding steroid dienone is 2. The second kappa shape index (κ2) is 15.8. The van der Waals surface area contributed by atoms with Crippen molar-refractivity contribution in [3.05, 3.63) is 46.8 Å². The Bertz CT molecular complexity index is 1280. The zero-order valence-electron chi connectivity index (χ0n) is 22.3. The van der Waals surface area contributed by atoms with E-state index in [-0.39, 0.29) is 49.6 Å². The van der Waals surface area contributed by atoms with Crippen LogP contribution in [0.3, 0.4) is 0 Å². The molecule has 42 heavy (non-hydrogen) atoms. The summed E-state index contributed by atoms with van der Waals surface area (Å²) in [6.07, 6.45) is 7.53. The van der Waals surface area contributed by atoms with Crippen molar-refractivity contribution in [1.29, 1.82) is 0 Å². The summed E-state index contributed by atoms with van der Waals surface area (Å²) in [6, 6.07) is -1.03. The molecule has 0 saturated carbocycles. The van der Waals surface area contributed by atoms with Gasteiger partial charge in [-0.2, -0.15) is 0 Å². The highest BCUT2D eigenvalue weighted by atomic mass is 32.2. The van der Waals surface area contributed by atoms with E-state index in [2.05, 4.69) is 15.5 Å². The molecule has 0 spiro atoms. The summed E-state index contributed by atoms with van der Waals surface area (Å²) < 4.78 is 0. The molecule has 236 valence electrons. The molecule has 4 rings (SSSR count). The SMILES string of the molecule is CC(C)(O/N=C(\C(=O)N[C@@H]1C(=O)N2C(C(=O)O)=C(CN3C=CC=CC3)CS[C@H]12)c1csc(N)n1)C(=O)O.O.O.O.O.O. The monoisotopic (exact) mass is 638 g/mol. The van der Waals surface area contributed by atoms with Crippen molar-refractivity contribution < 1.29 is 61.6 Å². The number of β-lactam (4-membered cyclic amide) rings is 1. The van der Waals surface area contributed by atoms with Crippen molar-refractivity contribution in [2.75, 3.05) is 24.6 Å². The number of rotatable bonds is 9. The Labute approximate surface area is 246 Å². The van der Waals surface area contributed by atoms with Crippen LogP contribution in [0.5, 0.6) is 0 Å². The first-order chi connectivity index (χ1) is 17.5. The van der Waals surface area contributed by atoms with Crippen LogP contribution >= 0.6 is 23.1 Å². The topological polar surface area (TPSA) is 345 Å². The molecule has 20 heteroatoms. The van der Waals surface area contributed by atoms with Gasteiger partial charge in [0, 0.05) is 24.2 Å². The van der Waals surface area contributed by atoms with Crippen molar-refractivity contribution in [2.24, 2.45) is 5.16 Å². The lowest BCUT2D eigenvalue weighted by molar-refractivity contribution is -0.161. The summed E-state index contributed by atoms with van der Waals surface area (Å²) in [5, 5.41) is 26.4. The van der Waals surface area contributed by atoms with Crippen molar-refractivity contribution >= 4 is 57.7 Å². The molecule has 1 aromatic rings. The number of carbonyl (C=O) groups is 4. The molecular formula is C22H34N6O12S2. The lowest BCUT2D eigenvalue weighted by atomic mass is 10.0. The Hall–Kier alpha value is -4.05. The summed E-state index contributed by atoms with van der Waals surface area (Å²) in [5.74, 6) is -3.60. The Morgan fingerprint density at radius 1 is 1.19 bits per heavy atom. The van der Waals surface area contributed by atoms with Gasteiger partial charge < -0.3 is 58.4 Å². The third kappa shape index (κ3) is 8.03. The number of amides is 2. The van der Waals surface area contributed by atoms with Crippen molar-refractivity contribution in [3.8, 4) is 0 Å². The molecule has 2 atom stereocenters. The molecule has 0 unspecified atom stereocenters. The average molecular weight is 639 g/mol. The normalized spacial score (nSPS) is 18.9. The minimum absolute atomic E-state index is 0. The highest BCUT2D eigenvalue weighted by Gasteiger charge is 2.54. The number of anilines is 1. The number of nitrogens with two attached hydrogens (primary N) is 1. The predicted octanol–water partition coefficient (Wildman–Crippen LogP) is -3.69. The average Bonchev–Trinajstić information content (AvgIpc) is 3.28. The largest absolute Gasteiger partial charge is 0.478 e. The van der Waals surface area contributed by atoms with E-state index in [4.69, 9.17) is 10.6 Å². The number of carbonyl (C=O) groups excluding carboxylic acids is 2. The minimum atomic E-state index is -1.74. The zero-order chi connectivity index (χ0) is 26.9. The van der Waals surface area contributed by atoms with Gasteiger partial charge in [0.05, 0.1) is 0 Å². The second-order valence-corrected chi connectivity index (χ2v) is 10.7. The van der Waals surface area contributed by atoms with Gasteiger partial charge >= 0.3 is 11.9 Å². The first kappa shape index (κ1) is 40.1. The van der Waals surface area contributed by atoms with Crippen LogP contribution in [-0.4, -0.2) is 118 Å². The minimum Gasteiger partial charge on any atom is -0.478 e. The first-order valence-electron chi connectivity index (χ1n) is 11.0. The van der Waals surface area contributed by atoms with Crippen LogP contribution in [0.25, 0.3) is 0 Å². The van der Waals surface area contributed by atoms with Gasteiger partial charge in [0.2, 0.25) is 5.60 Å². The van der Waals surface area contributed by atoms with Crippen LogP contribution in [0.4, 0.5) is 5.13 Å². The van der Waals surface area contributed by atoms with E-state index in [9.17, 15) is 29.4 Å². The number of nitrogen functional groups attached to an aromatic ring is 1. The molecule has 4 heterocycles. The fourth-order valence-electron chi connectivity index (χ4n) is 3.68. The second-order valence-electron chi connectivity index (χ2n) is 8.73. The van der Waals surface area contributed by atoms with Crippen LogP contribution < -0.4 is 11.1 Å². The number of nitrogens with one attached hydrogen (secondary N) is 1. The molecule has 1 aromatic heterocycles. The number of oxime groups is 1. The van der Waals surface area contributed by atoms with Crippen LogP contribution in [0, 0.1) is 0 Å². The van der Waals surface area contributed by atoms with Gasteiger partial charge in [-0.3, -0.25) is 14.5 Å². The van der Waals surface area contributed by atoms with E-state index in [0.29, 0.717) is 24.4 Å². The van der Waals surface area contributed by atoms with E-state index in [0.717, 1.165) is 11.3 Å². The Morgan fingerprint density at radius 3 is 2.38 bits per heavy atom. The fraction of sp³-hybridized carbons (Fsp3) is 0.364. The number of hydrogen-bond donors (Lipinski definition) is 4. The third-order valence-corrected chi connectivity index (χ3v) is 7.69. The van der Waals surface area contributed by atoms with E-state index >= 15 is 0 Å². The molecule has 1 fully saturated rings. The summed E-state index contributed by atoms with van der Waals surface area (Å²) in [5.41, 5.74) is 4.10. The molecule has 0 bridgehead atoms. The smallest absolute Gasteiger partial charge is 0.352 e. The van der Waals surface area contributed by atoms with E-state index in [1.807, 2.05) is 29.3 Å². The molecule has 3 aliphatic heterocycles. The van der Waals surface area contributed by atoms with Gasteiger partial charge in [-0.05, 0) is 31.7 Å². The Kier molecular flexibility index (Phi) is 15.1. The van der Waals surface area contributed by atoms with Gasteiger partial charge in [-0.15, -0.1) is 23.1 Å². The zero-order valence-corrected chi connectivity index (χ0v) is 23.9. The number of thiazole rings is 1. The maximum absolute atomic E-state index is 13.1. The standard InChI is InChI=1S/C22H24N6O7S2.5H2O/c1-22(2,20(33)34)35-26-13(12-10-37-21(23)24-12)16(29)25-14-17(30)28-15(19(31)32)11(9-36-18(14)28)8-27-6-4-3-5-7-27;;;;;/h3-6,10,14,18H,7-9H2,1-2H3,(H2,23,24)(H,25,29)(H,31,32)(H,33,34);5*1H2/b26-13-;;;;;/t14-,18-;;;;;/m1...../s1. The molecule has 15 N–H and O–H groups in total. The summed E-state index contributed by atoms with van der Waals surface area (Å²) in [6.45, 7) is 3.48. The molecular weight excluding hydrogens is 604 g/mol. The van der Waals surface area contributed by atoms with Crippen LogP contribution in [-0.2, 0) is 24.0 Å². The molecule has 0 radical (unpaired) electrons. The lowest BCUT2D eigenvalue weighted by Crippen LogP contribution is -2.71. The summed E-state index contributed by atoms with van der Waals surface area (Å²) in [4.78, 5) is 61.8. The number of carboxylic acids is 2. The van der Waals surface area contributed by atoms with Crippen LogP contribution in [0.1, 0.15) is 19.5 Å². The summed E-state index contributed by atoms with van der Waals surface area (Å²) >= 11 is 2.37. The molecule has 1 saturated heterocycles. The maximum Gasteiger partial charge on any atom is 0.352 e. The van der Waals surface area contributed by atoms with E-state index < -0.39 is 40.8 Å². The van der Waals surface area contributed by atoms with Gasteiger partial charge in [-0.1, -0.05) is 17.3 Å². The number of fused-ring (bicyclic) bond motifs is 1. The van der Waals surface area contributed by atoms with Crippen molar-refractivity contribution in [2.45, 2.75) is 30.9 Å². The molecule has 3 aliphatic rings. The Balaban J connectivity index is 0. The van der Waals surface area contributed by atoms with Crippen molar-refractivity contribution in [1.82, 2.24) is 20.1 Å². The quantitative estimate of drug-likeness (QED) is 0.116. The van der Waals surface area contributed by atoms with Gasteiger partial charge in [-0.25, -0.2) is 14.6 Å². The van der Waals surface area contributed by atoms with Gasteiger partial charge in [0.15, 0.2) is 10.8 Å². The number of aromatic nitrogens is 1. The lowest BCUT2D eigenvalue weighted by Gasteiger charge is -2.49. The molecule has 18 nitrogen and oxygen atoms in total. The van der Waals surface area contributed by atoms with Gasteiger partial charge in [0.1, 0.15) is 22.8 Å². The number of carboxylic acid groups (broad SMARTS) is 2. The molecule has 2 amide bonds. The van der Waals surface area contributed by atoms with Crippen molar-refractivity contribution in [3.63, 3.8) is 0 Å². The van der Waals surface area contributed by atoms with E-state index in [1.165, 1.54) is 35.9 Å². The van der Waals surface area contributed by atoms with Gasteiger partial charge in [0.25, 0.3) is 11.8 Å². The molecule has 0 aromatic carbocycles. The Morgan fingerprint density at radius 2 is 1.86 bits per heavy atom. The van der Waals surface area contributed by atoms with E-state index in [1.54, 1.807) is 0 Å². The summed E-state index contributed by atoms with van der Waals surface area (Å²) in [7, 11) is 0. The van der Waals surface area contributed by atoms with Crippen LogP contribution in [0.15, 0.2) is 46.2 Å². The van der Waals surface area contributed by atoms with Crippen LogP contribution in [0.2, 0.25) is 0 Å². The molecule has 0 aliphatic carbocycles. The third-order valence-electron chi connectivity index (χ3n) is 5.67. The number of aliphatic carboxylic acids is 2. The maximum atomic E-state index is 13.1. The predicted molar refractivity (Wildman–Crippen MR) is 153 cm³/mol. The number of thioether (sulfide) groups is 1. The fourth-order valence-corrected chi connectivity index (χ4v) is 5.57. The number of hydrogen-bond acceptors (Lipinski definition) is 11. The number of nitrogens with zero attached hydrogens (tertiary/aromatic N) is 4. The highest BCUT2D eigenvalue weighted by molar-refractivity contribution is 8.00.